The fourth-order valence-electron chi connectivity index (χ4n) is 7.31. The number of rotatable bonds is 17. The minimum atomic E-state index is -4.33. The third-order valence-electron chi connectivity index (χ3n) is 10.3. The molecule has 1 aromatic carbocycles. The molecule has 0 saturated heterocycles. The van der Waals surface area contributed by atoms with Crippen LogP contribution in [0.15, 0.2) is 46.1 Å². The SMILES string of the molecule is CCOC(=O)c1ccc(/C(=C2/N=C(C)C(CC)=C2C)c2c(C)c(CC)c(C)n2B(C#CC[N+](C)(C)CCCS(=O)(=O)[O-])C#CC[N+](C)(C)CCCS(=O)(=O)[O-])cc1. The summed E-state index contributed by atoms with van der Waals surface area (Å²) in [6, 6.07) is 7.38. The predicted molar refractivity (Wildman–Crippen MR) is 227 cm³/mol. The van der Waals surface area contributed by atoms with Crippen LogP contribution in [0, 0.1) is 37.3 Å². The van der Waals surface area contributed by atoms with Crippen molar-refractivity contribution >= 4 is 44.3 Å². The van der Waals surface area contributed by atoms with Crippen molar-refractivity contribution in [3.8, 4) is 23.5 Å². The zero-order valence-corrected chi connectivity index (χ0v) is 37.2. The van der Waals surface area contributed by atoms with Crippen LogP contribution >= 0.6 is 0 Å². The van der Waals surface area contributed by atoms with Crippen LogP contribution in [0.25, 0.3) is 5.57 Å². The molecule has 15 heteroatoms. The molecule has 0 unspecified atom stereocenters. The molecule has 1 aliphatic heterocycles. The van der Waals surface area contributed by atoms with Gasteiger partial charge in [-0.15, -0.1) is 11.6 Å². The van der Waals surface area contributed by atoms with E-state index in [1.165, 1.54) is 5.57 Å². The molecule has 1 aliphatic rings. The van der Waals surface area contributed by atoms with Gasteiger partial charge < -0.3 is 27.3 Å². The van der Waals surface area contributed by atoms with Gasteiger partial charge >= 0.3 is 12.8 Å². The molecule has 0 bridgehead atoms. The first-order valence-corrected chi connectivity index (χ1v) is 22.6. The van der Waals surface area contributed by atoms with Crippen LogP contribution in [0.2, 0.25) is 0 Å². The molecule has 0 fully saturated rings. The lowest BCUT2D eigenvalue weighted by atomic mass is 9.63. The second-order valence-electron chi connectivity index (χ2n) is 15.8. The summed E-state index contributed by atoms with van der Waals surface area (Å²) in [5, 5.41) is 0. The second-order valence-corrected chi connectivity index (χ2v) is 18.9. The molecule has 2 aromatic rings. The van der Waals surface area contributed by atoms with Crippen LogP contribution in [0.3, 0.4) is 0 Å². The first-order chi connectivity index (χ1) is 26.5. The Bertz CT molecular complexity index is 2190. The highest BCUT2D eigenvalue weighted by atomic mass is 32.2. The van der Waals surface area contributed by atoms with Crippen LogP contribution in [-0.2, 0) is 31.4 Å². The van der Waals surface area contributed by atoms with E-state index >= 15 is 0 Å². The van der Waals surface area contributed by atoms with Crippen molar-refractivity contribution in [1.82, 2.24) is 4.48 Å². The minimum absolute atomic E-state index is 0.211. The number of hydrogen-bond acceptors (Lipinski definition) is 9. The van der Waals surface area contributed by atoms with Crippen molar-refractivity contribution in [2.45, 2.75) is 74.1 Å². The monoisotopic (exact) mass is 822 g/mol. The molecule has 12 nitrogen and oxygen atoms in total. The van der Waals surface area contributed by atoms with Crippen molar-refractivity contribution in [3.63, 3.8) is 0 Å². The highest BCUT2D eigenvalue weighted by Gasteiger charge is 2.31. The number of hydrogen-bond donors (Lipinski definition) is 0. The Balaban J connectivity index is 2.33. The molecule has 3 rings (SSSR count). The predicted octanol–water partition coefficient (Wildman–Crippen LogP) is 4.75. The van der Waals surface area contributed by atoms with E-state index in [-0.39, 0.29) is 19.4 Å². The molecule has 2 heterocycles. The maximum Gasteiger partial charge on any atom is 0.433 e. The van der Waals surface area contributed by atoms with Gasteiger partial charge in [0.2, 0.25) is 0 Å². The standard InChI is InChI=1S/C42H59BN4O8S2/c1-12-37-31(4)40(44-33(37)6)39(35-19-21-36(22-20-35)42(48)55-14-3)41-32(5)38(13-2)34(7)45(41)43(23-15-25-46(8,9)27-17-29-56(49,50)51)24-16-26-47(10,11)28-18-30-57(52,53)54/h19-22H,12-14,17-18,25-30H2,1-11H3/b40-39-. The summed E-state index contributed by atoms with van der Waals surface area (Å²) in [6.45, 7) is 15.5. The summed E-state index contributed by atoms with van der Waals surface area (Å²) in [5.74, 6) is 12.3. The molecule has 310 valence electrons. The lowest BCUT2D eigenvalue weighted by Crippen LogP contribution is -2.41. The van der Waals surface area contributed by atoms with Crippen LogP contribution < -0.4 is 0 Å². The smallest absolute Gasteiger partial charge is 0.433 e. The Kier molecular flexibility index (Phi) is 16.4. The topological polar surface area (TPSA) is 158 Å². The summed E-state index contributed by atoms with van der Waals surface area (Å²) in [6.07, 6.45) is 1.97. The van der Waals surface area contributed by atoms with Gasteiger partial charge in [-0.25, -0.2) is 21.6 Å². The number of aromatic nitrogens is 1. The van der Waals surface area contributed by atoms with Gasteiger partial charge in [0.1, 0.15) is 13.1 Å². The molecule has 1 aromatic heterocycles. The van der Waals surface area contributed by atoms with E-state index in [9.17, 15) is 30.7 Å². The summed E-state index contributed by atoms with van der Waals surface area (Å²) >= 11 is 0. The number of carbonyl (C=O) groups is 1. The van der Waals surface area contributed by atoms with Crippen molar-refractivity contribution < 1.29 is 44.4 Å². The summed E-state index contributed by atoms with van der Waals surface area (Å²) in [5.41, 5.74) is 10.2. The number of allylic oxidation sites excluding steroid dienone is 2. The van der Waals surface area contributed by atoms with Gasteiger partial charge in [-0.05, 0) is 87.4 Å². The lowest BCUT2D eigenvalue weighted by Gasteiger charge is -2.28. The fraction of sp³-hybridized carbons (Fsp3) is 0.524. The Morgan fingerprint density at radius 3 is 1.72 bits per heavy atom. The molecule has 0 atom stereocenters. The van der Waals surface area contributed by atoms with Crippen LogP contribution in [-0.4, -0.2) is 130 Å². The zero-order valence-electron chi connectivity index (χ0n) is 35.5. The van der Waals surface area contributed by atoms with E-state index in [0.29, 0.717) is 40.7 Å². The van der Waals surface area contributed by atoms with Gasteiger partial charge in [-0.3, -0.25) is 4.99 Å². The van der Waals surface area contributed by atoms with Gasteiger partial charge in [-0.1, -0.05) is 37.8 Å². The van der Waals surface area contributed by atoms with E-state index in [4.69, 9.17) is 9.73 Å². The Labute approximate surface area is 341 Å². The molecule has 0 radical (unpaired) electrons. The Morgan fingerprint density at radius 1 is 0.807 bits per heavy atom. The lowest BCUT2D eigenvalue weighted by molar-refractivity contribution is -0.883. The average molecular weight is 823 g/mol. The number of quaternary nitrogens is 2. The first kappa shape index (κ1) is 47.4. The second kappa shape index (κ2) is 19.7. The van der Waals surface area contributed by atoms with Crippen LogP contribution in [0.5, 0.6) is 0 Å². The van der Waals surface area contributed by atoms with Gasteiger partial charge in [0.25, 0.3) is 0 Å². The van der Waals surface area contributed by atoms with Gasteiger partial charge in [0.05, 0.1) is 79.4 Å². The number of esters is 1. The van der Waals surface area contributed by atoms with E-state index in [1.54, 1.807) is 19.1 Å². The third kappa shape index (κ3) is 13.3. The number of aliphatic imine (C=N–C) groups is 1. The van der Waals surface area contributed by atoms with E-state index in [1.807, 2.05) is 47.2 Å². The fourth-order valence-corrected chi connectivity index (χ4v) is 8.27. The number of ether oxygens (including phenoxy) is 1. The molecular weight excluding hydrogens is 763 g/mol. The maximum absolute atomic E-state index is 12.7. The van der Waals surface area contributed by atoms with E-state index < -0.39 is 44.6 Å². The molecule has 0 saturated carbocycles. The largest absolute Gasteiger partial charge is 0.748 e. The van der Waals surface area contributed by atoms with E-state index in [2.05, 4.69) is 62.6 Å². The van der Waals surface area contributed by atoms with Crippen LogP contribution in [0.4, 0.5) is 0 Å². The molecule has 0 spiro atoms. The minimum Gasteiger partial charge on any atom is -0.748 e. The van der Waals surface area contributed by atoms with Crippen LogP contribution in [0.1, 0.15) is 92.3 Å². The number of benzene rings is 1. The highest BCUT2D eigenvalue weighted by Crippen LogP contribution is 2.40. The summed E-state index contributed by atoms with van der Waals surface area (Å²) in [4.78, 5) is 17.8. The normalized spacial score (nSPS) is 14.4. The van der Waals surface area contributed by atoms with Gasteiger partial charge in [0.15, 0.2) is 0 Å². The zero-order chi connectivity index (χ0) is 42.9. The highest BCUT2D eigenvalue weighted by molar-refractivity contribution is 7.85. The third-order valence-corrected chi connectivity index (χ3v) is 11.9. The summed E-state index contributed by atoms with van der Waals surface area (Å²) < 4.78 is 75.9. The Morgan fingerprint density at radius 2 is 1.30 bits per heavy atom. The number of nitrogens with zero attached hydrogens (tertiary/aromatic N) is 4. The van der Waals surface area contributed by atoms with Gasteiger partial charge in [0, 0.05) is 47.0 Å². The van der Waals surface area contributed by atoms with Gasteiger partial charge in [-0.2, -0.15) is 0 Å². The van der Waals surface area contributed by atoms with Crippen molar-refractivity contribution in [2.75, 3.05) is 72.5 Å². The van der Waals surface area contributed by atoms with Crippen molar-refractivity contribution in [2.24, 2.45) is 4.99 Å². The van der Waals surface area contributed by atoms with E-state index in [0.717, 1.165) is 63.5 Å². The molecule has 0 amide bonds. The molecular formula is C42H59BN4O8S2. The maximum atomic E-state index is 12.7. The summed E-state index contributed by atoms with van der Waals surface area (Å²) in [7, 11) is -0.924. The molecule has 0 N–H and O–H groups in total. The first-order valence-electron chi connectivity index (χ1n) is 19.4. The van der Waals surface area contributed by atoms with Crippen molar-refractivity contribution in [3.05, 3.63) is 74.8 Å². The quantitative estimate of drug-likeness (QED) is 0.0728. The van der Waals surface area contributed by atoms with Crippen molar-refractivity contribution in [1.29, 1.82) is 0 Å². The number of carbonyl (C=O) groups excluding carboxylic acids is 1. The Hall–Kier alpha value is -3.96. The molecule has 0 aliphatic carbocycles. The molecule has 57 heavy (non-hydrogen) atoms. The average Bonchev–Trinajstić information content (AvgIpc) is 3.51.